The fourth-order valence-electron chi connectivity index (χ4n) is 8.19. The van der Waals surface area contributed by atoms with Crippen molar-refractivity contribution in [2.45, 2.75) is 217 Å². The van der Waals surface area contributed by atoms with E-state index in [0.717, 1.165) is 49.9 Å². The van der Waals surface area contributed by atoms with E-state index < -0.39 is 17.2 Å². The molecule has 0 heterocycles. The van der Waals surface area contributed by atoms with Crippen LogP contribution in [-0.4, -0.2) is 29.1 Å². The van der Waals surface area contributed by atoms with Gasteiger partial charge in [0.05, 0.1) is 25.9 Å². The first-order valence-corrected chi connectivity index (χ1v) is 25.9. The fraction of sp³-hybridized carbons (Fsp3) is 0.837. The largest absolute Gasteiger partial charge is 0.493 e. The third kappa shape index (κ3) is 25.9. The number of allylic oxidation sites excluding steroid dienone is 1. The van der Waals surface area contributed by atoms with Gasteiger partial charge < -0.3 is 28.1 Å². The van der Waals surface area contributed by atoms with Crippen LogP contribution in [0.2, 0.25) is 0 Å². The molecule has 1 aromatic carbocycles. The van der Waals surface area contributed by atoms with Gasteiger partial charge in [-0.3, -0.25) is 4.52 Å². The molecule has 5 rings (SSSR count). The summed E-state index contributed by atoms with van der Waals surface area (Å²) in [7, 11) is -2.61. The lowest BCUT2D eigenvalue weighted by Gasteiger charge is -2.37. The first-order chi connectivity index (χ1) is 27.8. The number of hydrogen-bond donors (Lipinski definition) is 2. The Labute approximate surface area is 362 Å². The molecule has 0 amide bonds. The van der Waals surface area contributed by atoms with Crippen molar-refractivity contribution in [2.24, 2.45) is 41.4 Å². The van der Waals surface area contributed by atoms with Crippen LogP contribution in [0.25, 0.3) is 0 Å². The van der Waals surface area contributed by atoms with Crippen LogP contribution in [0.5, 0.6) is 11.5 Å². The van der Waals surface area contributed by atoms with Crippen LogP contribution in [0, 0.1) is 41.4 Å². The first kappa shape index (κ1) is 57.2. The van der Waals surface area contributed by atoms with Crippen molar-refractivity contribution in [1.29, 1.82) is 0 Å². The van der Waals surface area contributed by atoms with Gasteiger partial charge in [-0.05, 0) is 80.1 Å². The molecule has 9 heteroatoms. The topological polar surface area (TPSA) is 86.6 Å². The van der Waals surface area contributed by atoms with Crippen molar-refractivity contribution in [1.82, 2.24) is 0 Å². The Hall–Kier alpha value is -0.780. The van der Waals surface area contributed by atoms with Crippen LogP contribution in [0.3, 0.4) is 0 Å². The average molecular weight is 857 g/mol. The summed E-state index contributed by atoms with van der Waals surface area (Å²) in [5, 5.41) is 0. The zero-order chi connectivity index (χ0) is 43.9. The molecular formula is C49H94O7P2. The van der Waals surface area contributed by atoms with Crippen molar-refractivity contribution in [2.75, 3.05) is 7.11 Å². The average Bonchev–Trinajstić information content (AvgIpc) is 3.20. The summed E-state index contributed by atoms with van der Waals surface area (Å²) < 4.78 is 28.8. The van der Waals surface area contributed by atoms with Gasteiger partial charge >= 0.3 is 17.2 Å². The predicted molar refractivity (Wildman–Crippen MR) is 252 cm³/mol. The molecule has 0 radical (unpaired) electrons. The highest BCUT2D eigenvalue weighted by atomic mass is 31.2. The van der Waals surface area contributed by atoms with Crippen LogP contribution in [0.4, 0.5) is 0 Å². The third-order valence-electron chi connectivity index (χ3n) is 11.7. The van der Waals surface area contributed by atoms with E-state index in [1.165, 1.54) is 83.5 Å². The normalized spacial score (nSPS) is 26.7. The minimum Gasteiger partial charge on any atom is -0.493 e. The van der Waals surface area contributed by atoms with Crippen molar-refractivity contribution < 1.29 is 32.6 Å². The Bertz CT molecular complexity index is 1090. The molecule has 0 aliphatic heterocycles. The molecular weight excluding hydrogens is 762 g/mol. The van der Waals surface area contributed by atoms with E-state index in [1.54, 1.807) is 19.3 Å². The van der Waals surface area contributed by atoms with E-state index in [9.17, 15) is 9.79 Å². The highest BCUT2D eigenvalue weighted by Gasteiger charge is 2.34. The maximum Gasteiger partial charge on any atom is 0.394 e. The second-order valence-electron chi connectivity index (χ2n) is 17.7. The standard InChI is InChI=1S/C25H42O7P2.C9H18.C7H14.C3H8.C3H6.C2H6/c1-17(2)22-13-12-19(4)15-24(22)31-34(27)32-25-20(9-7-11-23(25)28-5)16-29-33(26)30-21-10-6-8-18(3)14-21;1-3-9-6-4-8(2)5-7-9;1-7-5-3-2-4-6-7;2*1-3-2;1-2/h7,9,11,17-19,21-22,24,26-27H,6,8,10,12-16H2,1-5H3;8-9H,3-7H2,1-2H3;7H,2-6H2,1H3;3H2,1-2H3;3H,1H2,2H3;1-2H3/t18?,19-,21?,22?,24-,33?,34?;;;;;/m1...../s1. The minimum atomic E-state index is -2.16. The van der Waals surface area contributed by atoms with Gasteiger partial charge in [0.2, 0.25) is 0 Å². The van der Waals surface area contributed by atoms with E-state index in [1.807, 2.05) is 32.9 Å². The third-order valence-corrected chi connectivity index (χ3v) is 13.3. The molecule has 7 nitrogen and oxygen atoms in total. The zero-order valence-corrected chi connectivity index (χ0v) is 41.8. The molecule has 0 saturated heterocycles. The number of para-hydroxylation sites is 1. The van der Waals surface area contributed by atoms with E-state index >= 15 is 0 Å². The SMILES string of the molecule is C=CC.CC.CC1CCCCC1.CCC.CCC1CCC(C)CC1.COc1cccc(COP(O)OC2CCCC(C)C2)c1OP(O)O[C@@H]1C[C@H](C)CCC1C(C)C. The Morgan fingerprint density at radius 1 is 0.741 bits per heavy atom. The molecule has 1 aromatic rings. The Morgan fingerprint density at radius 2 is 1.29 bits per heavy atom. The van der Waals surface area contributed by atoms with Gasteiger partial charge in [-0.25, -0.2) is 0 Å². The molecule has 5 unspecified atom stereocenters. The lowest BCUT2D eigenvalue weighted by atomic mass is 9.75. The van der Waals surface area contributed by atoms with E-state index in [4.69, 9.17) is 22.8 Å². The second-order valence-corrected chi connectivity index (χ2v) is 19.5. The Balaban J connectivity index is 0.00000109. The van der Waals surface area contributed by atoms with Crippen molar-refractivity contribution >= 4 is 17.2 Å². The van der Waals surface area contributed by atoms with Gasteiger partial charge in [0.15, 0.2) is 11.5 Å². The first-order valence-electron chi connectivity index (χ1n) is 23.7. The summed E-state index contributed by atoms with van der Waals surface area (Å²) in [5.74, 6) is 6.03. The second kappa shape index (κ2) is 35.8. The van der Waals surface area contributed by atoms with Crippen LogP contribution >= 0.6 is 17.2 Å². The number of methoxy groups -OCH3 is 1. The van der Waals surface area contributed by atoms with Gasteiger partial charge in [0.1, 0.15) is 0 Å². The number of hydrogen-bond acceptors (Lipinski definition) is 7. The molecule has 2 N–H and O–H groups in total. The summed E-state index contributed by atoms with van der Waals surface area (Å²) in [6, 6.07) is 5.42. The molecule has 58 heavy (non-hydrogen) atoms. The summed E-state index contributed by atoms with van der Waals surface area (Å²) >= 11 is 0. The van der Waals surface area contributed by atoms with Crippen molar-refractivity contribution in [3.8, 4) is 11.5 Å². The molecule has 0 bridgehead atoms. The molecule has 4 fully saturated rings. The fourth-order valence-corrected chi connectivity index (χ4v) is 9.83. The van der Waals surface area contributed by atoms with Gasteiger partial charge in [-0.15, -0.1) is 6.58 Å². The molecule has 342 valence electrons. The maximum absolute atomic E-state index is 10.8. The quantitative estimate of drug-likeness (QED) is 0.160. The van der Waals surface area contributed by atoms with E-state index in [2.05, 4.69) is 68.9 Å². The molecule has 4 saturated carbocycles. The summed E-state index contributed by atoms with van der Waals surface area (Å²) in [4.78, 5) is 21.1. The molecule has 0 spiro atoms. The molecule has 4 aliphatic rings. The van der Waals surface area contributed by atoms with Gasteiger partial charge in [-0.2, -0.15) is 0 Å². The highest BCUT2D eigenvalue weighted by Crippen LogP contribution is 2.48. The predicted octanol–water partition coefficient (Wildman–Crippen LogP) is 16.5. The summed E-state index contributed by atoms with van der Waals surface area (Å²) in [6.07, 6.45) is 25.2. The number of rotatable bonds is 12. The minimum absolute atomic E-state index is 0.0337. The molecule has 7 atom stereocenters. The lowest BCUT2D eigenvalue weighted by Crippen LogP contribution is -2.33. The van der Waals surface area contributed by atoms with Crippen LogP contribution in [0.1, 0.15) is 204 Å². The maximum atomic E-state index is 10.8. The number of ether oxygens (including phenoxy) is 1. The van der Waals surface area contributed by atoms with Gasteiger partial charge in [0, 0.05) is 5.56 Å². The highest BCUT2D eigenvalue weighted by molar-refractivity contribution is 7.41. The Morgan fingerprint density at radius 3 is 1.81 bits per heavy atom. The molecule has 4 aliphatic carbocycles. The lowest BCUT2D eigenvalue weighted by molar-refractivity contribution is 0.0380. The van der Waals surface area contributed by atoms with E-state index in [-0.39, 0.29) is 18.8 Å². The van der Waals surface area contributed by atoms with Gasteiger partial charge in [0.25, 0.3) is 0 Å². The van der Waals surface area contributed by atoms with Crippen molar-refractivity contribution in [3.05, 3.63) is 36.4 Å². The summed E-state index contributed by atoms with van der Waals surface area (Å²) in [6.45, 7) is 29.5. The monoisotopic (exact) mass is 857 g/mol. The van der Waals surface area contributed by atoms with Crippen LogP contribution in [0.15, 0.2) is 30.9 Å². The van der Waals surface area contributed by atoms with Crippen molar-refractivity contribution in [3.63, 3.8) is 0 Å². The smallest absolute Gasteiger partial charge is 0.394 e. The zero-order valence-electron chi connectivity index (χ0n) is 40.0. The number of benzene rings is 1. The summed E-state index contributed by atoms with van der Waals surface area (Å²) in [5.41, 5.74) is 0.657. The van der Waals surface area contributed by atoms with Gasteiger partial charge in [-0.1, -0.05) is 184 Å². The Kier molecular flexibility index (Phi) is 35.3. The van der Waals surface area contributed by atoms with E-state index in [0.29, 0.717) is 40.7 Å². The molecule has 0 aromatic heterocycles. The van der Waals surface area contributed by atoms with Crippen LogP contribution < -0.4 is 9.26 Å². The van der Waals surface area contributed by atoms with Crippen LogP contribution in [-0.2, 0) is 20.2 Å².